The molecule has 1 aromatic heterocycles. The van der Waals surface area contributed by atoms with Crippen molar-refractivity contribution < 1.29 is 4.74 Å². The van der Waals surface area contributed by atoms with Crippen LogP contribution >= 0.6 is 11.3 Å². The lowest BCUT2D eigenvalue weighted by Crippen LogP contribution is -2.27. The van der Waals surface area contributed by atoms with E-state index in [1.165, 1.54) is 0 Å². The number of nitrogen functional groups attached to an aromatic ring is 1. The molecule has 2 rings (SSSR count). The van der Waals surface area contributed by atoms with Gasteiger partial charge < -0.3 is 15.4 Å². The van der Waals surface area contributed by atoms with Gasteiger partial charge in [-0.1, -0.05) is 0 Å². The minimum Gasteiger partial charge on any atom is -0.395 e. The van der Waals surface area contributed by atoms with Gasteiger partial charge in [0, 0.05) is 19.7 Å². The van der Waals surface area contributed by atoms with Crippen LogP contribution in [0.5, 0.6) is 0 Å². The SMILES string of the molecule is CCOCCN(CC)c1ccc2scnc2c1N. The maximum absolute atomic E-state index is 6.21. The predicted octanol–water partition coefficient (Wildman–Crippen LogP) is 2.74. The van der Waals surface area contributed by atoms with Gasteiger partial charge in [0.1, 0.15) is 5.52 Å². The van der Waals surface area contributed by atoms with Crippen LogP contribution in [0.3, 0.4) is 0 Å². The van der Waals surface area contributed by atoms with Gasteiger partial charge in [-0.3, -0.25) is 0 Å². The summed E-state index contributed by atoms with van der Waals surface area (Å²) >= 11 is 1.62. The van der Waals surface area contributed by atoms with Crippen LogP contribution in [0.4, 0.5) is 11.4 Å². The molecule has 0 unspecified atom stereocenters. The van der Waals surface area contributed by atoms with Crippen molar-refractivity contribution in [2.75, 3.05) is 36.9 Å². The molecule has 0 saturated carbocycles. The minimum absolute atomic E-state index is 0.721. The maximum Gasteiger partial charge on any atom is 0.106 e. The molecule has 2 N–H and O–H groups in total. The van der Waals surface area contributed by atoms with Crippen LogP contribution in [0.15, 0.2) is 17.6 Å². The van der Waals surface area contributed by atoms with Crippen molar-refractivity contribution >= 4 is 32.9 Å². The topological polar surface area (TPSA) is 51.4 Å². The Morgan fingerprint density at radius 1 is 1.39 bits per heavy atom. The molecule has 0 aliphatic heterocycles. The monoisotopic (exact) mass is 265 g/mol. The van der Waals surface area contributed by atoms with Gasteiger partial charge in [-0.15, -0.1) is 11.3 Å². The highest BCUT2D eigenvalue weighted by Gasteiger charge is 2.12. The summed E-state index contributed by atoms with van der Waals surface area (Å²) in [5, 5.41) is 0. The number of likely N-dealkylation sites (N-methyl/N-ethyl adjacent to an activating group) is 1. The number of hydrogen-bond donors (Lipinski definition) is 1. The first-order chi connectivity index (χ1) is 8.77. The average Bonchev–Trinajstić information content (AvgIpc) is 2.85. The second-order valence-electron chi connectivity index (χ2n) is 3.97. The summed E-state index contributed by atoms with van der Waals surface area (Å²) in [7, 11) is 0. The summed E-state index contributed by atoms with van der Waals surface area (Å²) in [6.45, 7) is 7.36. The lowest BCUT2D eigenvalue weighted by atomic mass is 10.2. The molecule has 0 aliphatic rings. The lowest BCUT2D eigenvalue weighted by molar-refractivity contribution is 0.154. The van der Waals surface area contributed by atoms with Crippen LogP contribution in [0.25, 0.3) is 10.2 Å². The number of benzene rings is 1. The van der Waals surface area contributed by atoms with E-state index in [0.29, 0.717) is 0 Å². The molecule has 98 valence electrons. The minimum atomic E-state index is 0.721. The third-order valence-corrected chi connectivity index (χ3v) is 3.74. The van der Waals surface area contributed by atoms with Gasteiger partial charge in [-0.25, -0.2) is 4.98 Å². The standard InChI is InChI=1S/C13H19N3OS/c1-3-16(7-8-17-4-2)10-5-6-11-13(12(10)14)15-9-18-11/h5-6,9H,3-4,7-8,14H2,1-2H3. The number of anilines is 2. The zero-order valence-electron chi connectivity index (χ0n) is 10.8. The van der Waals surface area contributed by atoms with E-state index in [4.69, 9.17) is 10.5 Å². The normalized spacial score (nSPS) is 11.0. The largest absolute Gasteiger partial charge is 0.395 e. The fourth-order valence-corrected chi connectivity index (χ4v) is 2.68. The van der Waals surface area contributed by atoms with Crippen LogP contribution in [-0.2, 0) is 4.74 Å². The van der Waals surface area contributed by atoms with E-state index in [9.17, 15) is 0 Å². The molecule has 18 heavy (non-hydrogen) atoms. The quantitative estimate of drug-likeness (QED) is 0.644. The van der Waals surface area contributed by atoms with Gasteiger partial charge in [0.05, 0.1) is 28.2 Å². The van der Waals surface area contributed by atoms with E-state index in [2.05, 4.69) is 28.9 Å². The Bertz CT molecular complexity index is 512. The van der Waals surface area contributed by atoms with E-state index in [1.807, 2.05) is 12.4 Å². The maximum atomic E-state index is 6.21. The van der Waals surface area contributed by atoms with Crippen molar-refractivity contribution in [1.82, 2.24) is 4.98 Å². The molecule has 0 amide bonds. The Morgan fingerprint density at radius 3 is 2.94 bits per heavy atom. The number of nitrogens with zero attached hydrogens (tertiary/aromatic N) is 2. The number of thiazole rings is 1. The number of aromatic nitrogens is 1. The highest BCUT2D eigenvalue weighted by Crippen LogP contribution is 2.32. The van der Waals surface area contributed by atoms with Gasteiger partial charge in [0.25, 0.3) is 0 Å². The Balaban J connectivity index is 2.24. The first kappa shape index (κ1) is 13.1. The number of rotatable bonds is 6. The highest BCUT2D eigenvalue weighted by atomic mass is 32.1. The van der Waals surface area contributed by atoms with Crippen molar-refractivity contribution in [1.29, 1.82) is 0 Å². The van der Waals surface area contributed by atoms with Crippen LogP contribution in [0.2, 0.25) is 0 Å². The summed E-state index contributed by atoms with van der Waals surface area (Å²) in [6.07, 6.45) is 0. The van der Waals surface area contributed by atoms with E-state index in [1.54, 1.807) is 11.3 Å². The molecule has 0 fully saturated rings. The average molecular weight is 265 g/mol. The first-order valence-corrected chi connectivity index (χ1v) is 7.10. The van der Waals surface area contributed by atoms with Gasteiger partial charge in [0.2, 0.25) is 0 Å². The molecule has 0 bridgehead atoms. The molecule has 2 aromatic rings. The smallest absolute Gasteiger partial charge is 0.106 e. The third kappa shape index (κ3) is 2.57. The zero-order chi connectivity index (χ0) is 13.0. The van der Waals surface area contributed by atoms with Crippen molar-refractivity contribution in [3.05, 3.63) is 17.6 Å². The summed E-state index contributed by atoms with van der Waals surface area (Å²) in [5.41, 5.74) is 10.8. The molecular weight excluding hydrogens is 246 g/mol. The molecule has 0 atom stereocenters. The molecule has 0 spiro atoms. The van der Waals surface area contributed by atoms with Crippen molar-refractivity contribution in [3.63, 3.8) is 0 Å². The first-order valence-electron chi connectivity index (χ1n) is 6.22. The van der Waals surface area contributed by atoms with Gasteiger partial charge in [-0.2, -0.15) is 0 Å². The molecular formula is C13H19N3OS. The fourth-order valence-electron chi connectivity index (χ4n) is 1.99. The molecule has 0 saturated heterocycles. The lowest BCUT2D eigenvalue weighted by Gasteiger charge is -2.24. The Labute approximate surface area is 111 Å². The van der Waals surface area contributed by atoms with Crippen molar-refractivity contribution in [2.45, 2.75) is 13.8 Å². The number of fused-ring (bicyclic) bond motifs is 1. The summed E-state index contributed by atoms with van der Waals surface area (Å²) in [4.78, 5) is 6.55. The van der Waals surface area contributed by atoms with Crippen molar-refractivity contribution in [2.24, 2.45) is 0 Å². The molecule has 1 heterocycles. The van der Waals surface area contributed by atoms with E-state index in [-0.39, 0.29) is 0 Å². The van der Waals surface area contributed by atoms with Crippen LogP contribution < -0.4 is 10.6 Å². The highest BCUT2D eigenvalue weighted by molar-refractivity contribution is 7.16. The summed E-state index contributed by atoms with van der Waals surface area (Å²) in [6, 6.07) is 4.16. The number of nitrogens with two attached hydrogens (primary N) is 1. The summed E-state index contributed by atoms with van der Waals surface area (Å²) < 4.78 is 6.54. The second kappa shape index (κ2) is 6.02. The molecule has 1 aromatic carbocycles. The zero-order valence-corrected chi connectivity index (χ0v) is 11.7. The molecule has 4 nitrogen and oxygen atoms in total. The van der Waals surface area contributed by atoms with Crippen molar-refractivity contribution in [3.8, 4) is 0 Å². The van der Waals surface area contributed by atoms with E-state index in [0.717, 1.165) is 47.9 Å². The van der Waals surface area contributed by atoms with E-state index >= 15 is 0 Å². The van der Waals surface area contributed by atoms with Crippen LogP contribution in [0, 0.1) is 0 Å². The molecule has 0 aliphatic carbocycles. The van der Waals surface area contributed by atoms with E-state index < -0.39 is 0 Å². The Kier molecular flexibility index (Phi) is 4.38. The fraction of sp³-hybridized carbons (Fsp3) is 0.462. The van der Waals surface area contributed by atoms with Crippen LogP contribution in [-0.4, -0.2) is 31.3 Å². The summed E-state index contributed by atoms with van der Waals surface area (Å²) in [5.74, 6) is 0. The van der Waals surface area contributed by atoms with Crippen LogP contribution in [0.1, 0.15) is 13.8 Å². The third-order valence-electron chi connectivity index (χ3n) is 2.95. The number of hydrogen-bond acceptors (Lipinski definition) is 5. The molecule has 5 heteroatoms. The Hall–Kier alpha value is -1.33. The Morgan fingerprint density at radius 2 is 2.22 bits per heavy atom. The van der Waals surface area contributed by atoms with Gasteiger partial charge in [-0.05, 0) is 26.0 Å². The predicted molar refractivity (Wildman–Crippen MR) is 78.4 cm³/mol. The second-order valence-corrected chi connectivity index (χ2v) is 4.86. The number of ether oxygens (including phenoxy) is 1. The van der Waals surface area contributed by atoms with Gasteiger partial charge >= 0.3 is 0 Å². The van der Waals surface area contributed by atoms with Gasteiger partial charge in [0.15, 0.2) is 0 Å². The molecule has 0 radical (unpaired) electrons.